The number of aromatic amines is 1. The lowest BCUT2D eigenvalue weighted by Gasteiger charge is -2.22. The first-order chi connectivity index (χ1) is 10.5. The van der Waals surface area contributed by atoms with Crippen molar-refractivity contribution in [1.29, 1.82) is 0 Å². The van der Waals surface area contributed by atoms with Crippen LogP contribution in [0.5, 0.6) is 0 Å². The van der Waals surface area contributed by atoms with Gasteiger partial charge in [-0.3, -0.25) is 4.79 Å². The normalized spacial score (nSPS) is 19.6. The molecule has 1 saturated heterocycles. The third-order valence-corrected chi connectivity index (χ3v) is 5.41. The zero-order chi connectivity index (χ0) is 15.7. The maximum absolute atomic E-state index is 12.3. The van der Waals surface area contributed by atoms with Gasteiger partial charge in [0.2, 0.25) is 10.0 Å². The van der Waals surface area contributed by atoms with Crippen LogP contribution in [0.25, 0.3) is 10.9 Å². The Morgan fingerprint density at radius 3 is 2.95 bits per heavy atom. The molecule has 2 N–H and O–H groups in total. The largest absolute Gasteiger partial charge is 0.360 e. The summed E-state index contributed by atoms with van der Waals surface area (Å²) >= 11 is 0. The first kappa shape index (κ1) is 15.1. The van der Waals surface area contributed by atoms with E-state index in [-0.39, 0.29) is 11.9 Å². The number of amides is 1. The van der Waals surface area contributed by atoms with Crippen LogP contribution >= 0.6 is 0 Å². The molecule has 1 aromatic heterocycles. The number of carbonyl (C=O) groups is 1. The van der Waals surface area contributed by atoms with Crippen LogP contribution in [0.4, 0.5) is 0 Å². The number of aromatic nitrogens is 1. The van der Waals surface area contributed by atoms with Gasteiger partial charge in [-0.1, -0.05) is 18.2 Å². The highest BCUT2D eigenvalue weighted by atomic mass is 32.2. The fourth-order valence-electron chi connectivity index (χ4n) is 3.01. The maximum Gasteiger partial charge on any atom is 0.253 e. The first-order valence-electron chi connectivity index (χ1n) is 7.28. The second-order valence-electron chi connectivity index (χ2n) is 5.63. The Morgan fingerprint density at radius 1 is 1.41 bits per heavy atom. The van der Waals surface area contributed by atoms with Gasteiger partial charge in [-0.2, -0.15) is 4.31 Å². The summed E-state index contributed by atoms with van der Waals surface area (Å²) in [5.41, 5.74) is 1.49. The number of carbonyl (C=O) groups excluding carboxylic acids is 1. The second kappa shape index (κ2) is 5.73. The van der Waals surface area contributed by atoms with Gasteiger partial charge in [-0.15, -0.1) is 0 Å². The number of rotatable bonds is 4. The van der Waals surface area contributed by atoms with Crippen molar-refractivity contribution in [3.05, 3.63) is 36.0 Å². The van der Waals surface area contributed by atoms with Gasteiger partial charge in [-0.05, 0) is 18.9 Å². The quantitative estimate of drug-likeness (QED) is 0.891. The predicted molar refractivity (Wildman–Crippen MR) is 85.2 cm³/mol. The van der Waals surface area contributed by atoms with Crippen molar-refractivity contribution in [1.82, 2.24) is 14.6 Å². The molecule has 2 heterocycles. The van der Waals surface area contributed by atoms with E-state index in [1.165, 1.54) is 10.6 Å². The monoisotopic (exact) mass is 321 g/mol. The summed E-state index contributed by atoms with van der Waals surface area (Å²) in [6.07, 6.45) is 4.51. The number of benzene rings is 1. The van der Waals surface area contributed by atoms with Crippen LogP contribution in [0.3, 0.4) is 0 Å². The zero-order valence-electron chi connectivity index (χ0n) is 12.4. The summed E-state index contributed by atoms with van der Waals surface area (Å²) in [6.45, 7) is 0.873. The summed E-state index contributed by atoms with van der Waals surface area (Å²) in [4.78, 5) is 15.4. The molecule has 0 unspecified atom stereocenters. The first-order valence-corrected chi connectivity index (χ1v) is 9.13. The topological polar surface area (TPSA) is 82.3 Å². The van der Waals surface area contributed by atoms with Crippen LogP contribution in [-0.2, 0) is 10.0 Å². The molecular formula is C15H19N3O3S. The van der Waals surface area contributed by atoms with Crippen molar-refractivity contribution in [2.45, 2.75) is 18.9 Å². The summed E-state index contributed by atoms with van der Waals surface area (Å²) in [6, 6.07) is 7.44. The highest BCUT2D eigenvalue weighted by Crippen LogP contribution is 2.20. The minimum absolute atomic E-state index is 0.149. The van der Waals surface area contributed by atoms with Gasteiger partial charge in [0, 0.05) is 36.2 Å². The lowest BCUT2D eigenvalue weighted by molar-refractivity contribution is 0.0948. The smallest absolute Gasteiger partial charge is 0.253 e. The fraction of sp³-hybridized carbons (Fsp3) is 0.400. The van der Waals surface area contributed by atoms with Crippen molar-refractivity contribution in [3.8, 4) is 0 Å². The van der Waals surface area contributed by atoms with Crippen molar-refractivity contribution < 1.29 is 13.2 Å². The standard InChI is InChI=1S/C15H19N3O3S/c1-22(20,21)18-8-4-5-11(18)9-17-15(19)13-10-16-14-7-3-2-6-12(13)14/h2-3,6-7,10-11,16H,4-5,8-9H2,1H3,(H,17,19)/t11-/m1/s1. The number of nitrogens with zero attached hydrogens (tertiary/aromatic N) is 1. The number of hydrogen-bond donors (Lipinski definition) is 2. The van der Waals surface area contributed by atoms with Crippen molar-refractivity contribution in [3.63, 3.8) is 0 Å². The highest BCUT2D eigenvalue weighted by Gasteiger charge is 2.31. The van der Waals surface area contributed by atoms with E-state index in [2.05, 4.69) is 10.3 Å². The van der Waals surface area contributed by atoms with E-state index in [0.29, 0.717) is 18.7 Å². The summed E-state index contributed by atoms with van der Waals surface area (Å²) < 4.78 is 24.9. The number of fused-ring (bicyclic) bond motifs is 1. The zero-order valence-corrected chi connectivity index (χ0v) is 13.2. The molecule has 0 spiro atoms. The average Bonchev–Trinajstić information content (AvgIpc) is 3.11. The van der Waals surface area contributed by atoms with Crippen LogP contribution in [0, 0.1) is 0 Å². The fourth-order valence-corrected chi connectivity index (χ4v) is 4.20. The molecule has 1 aromatic carbocycles. The SMILES string of the molecule is CS(=O)(=O)N1CCC[C@@H]1CNC(=O)c1c[nH]c2ccccc12. The number of sulfonamides is 1. The van der Waals surface area contributed by atoms with Gasteiger partial charge < -0.3 is 10.3 Å². The lowest BCUT2D eigenvalue weighted by Crippen LogP contribution is -2.42. The molecule has 3 rings (SSSR count). The molecule has 2 aromatic rings. The van der Waals surface area contributed by atoms with Crippen molar-refractivity contribution in [2.75, 3.05) is 19.3 Å². The maximum atomic E-state index is 12.3. The molecule has 0 radical (unpaired) electrons. The van der Waals surface area contributed by atoms with E-state index < -0.39 is 10.0 Å². The van der Waals surface area contributed by atoms with Crippen molar-refractivity contribution in [2.24, 2.45) is 0 Å². The van der Waals surface area contributed by atoms with Gasteiger partial charge in [-0.25, -0.2) is 8.42 Å². The van der Waals surface area contributed by atoms with Crippen LogP contribution in [-0.4, -0.2) is 49.0 Å². The molecule has 0 bridgehead atoms. The van der Waals surface area contributed by atoms with E-state index >= 15 is 0 Å². The average molecular weight is 321 g/mol. The number of H-pyrrole nitrogens is 1. The molecule has 118 valence electrons. The molecule has 1 aliphatic heterocycles. The third kappa shape index (κ3) is 2.86. The van der Waals surface area contributed by atoms with Crippen LogP contribution in [0.1, 0.15) is 23.2 Å². The molecule has 1 amide bonds. The number of para-hydroxylation sites is 1. The molecule has 6 nitrogen and oxygen atoms in total. The Balaban J connectivity index is 1.70. The molecular weight excluding hydrogens is 302 g/mol. The second-order valence-corrected chi connectivity index (χ2v) is 7.56. The van der Waals surface area contributed by atoms with E-state index in [9.17, 15) is 13.2 Å². The van der Waals surface area contributed by atoms with Gasteiger partial charge in [0.1, 0.15) is 0 Å². The van der Waals surface area contributed by atoms with Crippen molar-refractivity contribution >= 4 is 26.8 Å². The summed E-state index contributed by atoms with van der Waals surface area (Å²) in [5.74, 6) is -0.183. The Labute approximate surface area is 129 Å². The molecule has 0 saturated carbocycles. The summed E-state index contributed by atoms with van der Waals surface area (Å²) in [5, 5.41) is 3.72. The highest BCUT2D eigenvalue weighted by molar-refractivity contribution is 7.88. The van der Waals surface area contributed by atoms with E-state index in [0.717, 1.165) is 23.7 Å². The molecule has 1 fully saturated rings. The predicted octanol–water partition coefficient (Wildman–Crippen LogP) is 1.32. The molecule has 0 aliphatic carbocycles. The Hall–Kier alpha value is -1.86. The van der Waals surface area contributed by atoms with Crippen LogP contribution in [0.15, 0.2) is 30.5 Å². The lowest BCUT2D eigenvalue weighted by atomic mass is 10.1. The van der Waals surface area contributed by atoms with E-state index in [1.807, 2.05) is 24.3 Å². The summed E-state index contributed by atoms with van der Waals surface area (Å²) in [7, 11) is -3.21. The molecule has 7 heteroatoms. The molecule has 22 heavy (non-hydrogen) atoms. The van der Waals surface area contributed by atoms with E-state index in [4.69, 9.17) is 0 Å². The van der Waals surface area contributed by atoms with Gasteiger partial charge in [0.15, 0.2) is 0 Å². The van der Waals surface area contributed by atoms with Gasteiger partial charge in [0.05, 0.1) is 11.8 Å². The minimum atomic E-state index is -3.21. The Kier molecular flexibility index (Phi) is 3.92. The third-order valence-electron chi connectivity index (χ3n) is 4.08. The number of hydrogen-bond acceptors (Lipinski definition) is 3. The number of nitrogens with one attached hydrogen (secondary N) is 2. The minimum Gasteiger partial charge on any atom is -0.360 e. The van der Waals surface area contributed by atoms with Gasteiger partial charge in [0.25, 0.3) is 5.91 Å². The molecule has 1 atom stereocenters. The Bertz CT molecular complexity index is 797. The van der Waals surface area contributed by atoms with Gasteiger partial charge >= 0.3 is 0 Å². The van der Waals surface area contributed by atoms with Crippen LogP contribution in [0.2, 0.25) is 0 Å². The Morgan fingerprint density at radius 2 is 2.18 bits per heavy atom. The van der Waals surface area contributed by atoms with Crippen LogP contribution < -0.4 is 5.32 Å². The van der Waals surface area contributed by atoms with E-state index in [1.54, 1.807) is 6.20 Å². The molecule has 1 aliphatic rings.